The SMILES string of the molecule is Cc1nc(C=CC(=O)NC(C)C23CC4CC(CC(C4)C2)C3)cs1. The van der Waals surface area contributed by atoms with Gasteiger partial charge in [-0.15, -0.1) is 11.3 Å². The van der Waals surface area contributed by atoms with Crippen LogP contribution in [0.5, 0.6) is 0 Å². The van der Waals surface area contributed by atoms with Crippen LogP contribution in [0.15, 0.2) is 11.5 Å². The number of amides is 1. The Morgan fingerprint density at radius 3 is 2.43 bits per heavy atom. The maximum absolute atomic E-state index is 12.3. The minimum Gasteiger partial charge on any atom is -0.350 e. The molecule has 0 radical (unpaired) electrons. The average molecular weight is 330 g/mol. The van der Waals surface area contributed by atoms with Crippen molar-refractivity contribution in [1.29, 1.82) is 0 Å². The Kier molecular flexibility index (Phi) is 3.83. The van der Waals surface area contributed by atoms with Crippen LogP contribution in [0.1, 0.15) is 56.2 Å². The molecule has 4 bridgehead atoms. The van der Waals surface area contributed by atoms with Crippen LogP contribution in [0.3, 0.4) is 0 Å². The summed E-state index contributed by atoms with van der Waals surface area (Å²) in [4.78, 5) is 16.7. The Hall–Kier alpha value is -1.16. The van der Waals surface area contributed by atoms with Gasteiger partial charge in [0.25, 0.3) is 0 Å². The standard InChI is InChI=1S/C19H26N2OS/c1-12(20-18(22)4-3-17-11-23-13(2)21-17)19-8-14-5-15(9-19)7-16(6-14)10-19/h3-4,11-12,14-16H,5-10H2,1-2H3,(H,20,22). The quantitative estimate of drug-likeness (QED) is 0.841. The molecule has 4 fully saturated rings. The van der Waals surface area contributed by atoms with Crippen molar-refractivity contribution in [3.8, 4) is 0 Å². The molecular weight excluding hydrogens is 304 g/mol. The Labute approximate surface area is 142 Å². The third kappa shape index (κ3) is 2.98. The van der Waals surface area contributed by atoms with E-state index < -0.39 is 0 Å². The van der Waals surface area contributed by atoms with Gasteiger partial charge in [0.2, 0.25) is 5.91 Å². The van der Waals surface area contributed by atoms with Gasteiger partial charge in [0, 0.05) is 17.5 Å². The lowest BCUT2D eigenvalue weighted by Gasteiger charge is -2.59. The zero-order chi connectivity index (χ0) is 16.0. The van der Waals surface area contributed by atoms with Gasteiger partial charge < -0.3 is 5.32 Å². The van der Waals surface area contributed by atoms with Gasteiger partial charge in [0.15, 0.2) is 0 Å². The van der Waals surface area contributed by atoms with Crippen LogP contribution < -0.4 is 5.32 Å². The topological polar surface area (TPSA) is 42.0 Å². The summed E-state index contributed by atoms with van der Waals surface area (Å²) < 4.78 is 0. The number of hydrogen-bond acceptors (Lipinski definition) is 3. The first-order chi connectivity index (χ1) is 11.0. The Morgan fingerprint density at radius 1 is 1.30 bits per heavy atom. The van der Waals surface area contributed by atoms with Crippen molar-refractivity contribution < 1.29 is 4.79 Å². The maximum atomic E-state index is 12.3. The summed E-state index contributed by atoms with van der Waals surface area (Å²) in [6, 6.07) is 0.283. The summed E-state index contributed by atoms with van der Waals surface area (Å²) in [5.41, 5.74) is 1.25. The fraction of sp³-hybridized carbons (Fsp3) is 0.684. The predicted octanol–water partition coefficient (Wildman–Crippen LogP) is 4.19. The van der Waals surface area contributed by atoms with E-state index in [1.54, 1.807) is 17.4 Å². The molecule has 1 atom stereocenters. The summed E-state index contributed by atoms with van der Waals surface area (Å²) in [6.45, 7) is 4.21. The lowest BCUT2D eigenvalue weighted by atomic mass is 9.48. The zero-order valence-electron chi connectivity index (χ0n) is 14.0. The molecule has 0 aromatic carbocycles. The lowest BCUT2D eigenvalue weighted by Crippen LogP contribution is -2.55. The van der Waals surface area contributed by atoms with Crippen molar-refractivity contribution in [3.05, 3.63) is 22.2 Å². The largest absolute Gasteiger partial charge is 0.350 e. The van der Waals surface area contributed by atoms with Crippen LogP contribution >= 0.6 is 11.3 Å². The second kappa shape index (κ2) is 5.73. The highest BCUT2D eigenvalue weighted by atomic mass is 32.1. The number of nitrogens with one attached hydrogen (secondary N) is 1. The van der Waals surface area contributed by atoms with Gasteiger partial charge in [-0.2, -0.15) is 0 Å². The van der Waals surface area contributed by atoms with Gasteiger partial charge in [-0.1, -0.05) is 0 Å². The molecule has 124 valence electrons. The molecule has 0 aliphatic heterocycles. The number of hydrogen-bond donors (Lipinski definition) is 1. The third-order valence-electron chi connectivity index (χ3n) is 6.41. The Morgan fingerprint density at radius 2 is 1.91 bits per heavy atom. The summed E-state index contributed by atoms with van der Waals surface area (Å²) in [7, 11) is 0. The first-order valence-corrected chi connectivity index (χ1v) is 9.81. The normalized spacial score (nSPS) is 36.5. The molecule has 0 saturated heterocycles. The third-order valence-corrected chi connectivity index (χ3v) is 7.20. The average Bonchev–Trinajstić information content (AvgIpc) is 2.89. The van der Waals surface area contributed by atoms with Gasteiger partial charge in [-0.3, -0.25) is 4.79 Å². The van der Waals surface area contributed by atoms with E-state index in [-0.39, 0.29) is 11.9 Å². The monoisotopic (exact) mass is 330 g/mol. The summed E-state index contributed by atoms with van der Waals surface area (Å²) in [5.74, 6) is 2.80. The highest BCUT2D eigenvalue weighted by molar-refractivity contribution is 7.09. The van der Waals surface area contributed by atoms with E-state index in [1.165, 1.54) is 38.5 Å². The number of aromatic nitrogens is 1. The zero-order valence-corrected chi connectivity index (χ0v) is 14.9. The molecule has 1 aromatic heterocycles. The number of aryl methyl sites for hydroxylation is 1. The molecule has 4 heteroatoms. The molecule has 1 N–H and O–H groups in total. The van der Waals surface area contributed by atoms with Crippen molar-refractivity contribution in [3.63, 3.8) is 0 Å². The first kappa shape index (κ1) is 15.4. The molecule has 23 heavy (non-hydrogen) atoms. The number of carbonyl (C=O) groups is 1. The van der Waals surface area contributed by atoms with E-state index in [9.17, 15) is 4.79 Å². The molecule has 1 amide bonds. The highest BCUT2D eigenvalue weighted by Gasteiger charge is 2.53. The van der Waals surface area contributed by atoms with Crippen molar-refractivity contribution in [2.45, 2.75) is 58.4 Å². The number of thiazole rings is 1. The van der Waals surface area contributed by atoms with Gasteiger partial charge in [0.1, 0.15) is 0 Å². The fourth-order valence-electron chi connectivity index (χ4n) is 5.74. The summed E-state index contributed by atoms with van der Waals surface area (Å²) >= 11 is 1.61. The van der Waals surface area contributed by atoms with E-state index in [0.717, 1.165) is 28.5 Å². The minimum atomic E-state index is 0.0268. The molecule has 4 aliphatic rings. The van der Waals surface area contributed by atoms with Crippen molar-refractivity contribution >= 4 is 23.3 Å². The van der Waals surface area contributed by atoms with Crippen molar-refractivity contribution in [1.82, 2.24) is 10.3 Å². The number of nitrogens with zero attached hydrogens (tertiary/aromatic N) is 1. The summed E-state index contributed by atoms with van der Waals surface area (Å²) in [6.07, 6.45) is 11.8. The second-order valence-electron chi connectivity index (χ2n) is 8.13. The van der Waals surface area contributed by atoms with E-state index in [2.05, 4.69) is 17.2 Å². The van der Waals surface area contributed by atoms with Crippen LogP contribution in [-0.2, 0) is 4.79 Å². The van der Waals surface area contributed by atoms with Crippen molar-refractivity contribution in [2.75, 3.05) is 0 Å². The van der Waals surface area contributed by atoms with Gasteiger partial charge in [0.05, 0.1) is 10.7 Å². The number of rotatable bonds is 4. The Bertz CT molecular complexity index is 598. The van der Waals surface area contributed by atoms with Crippen LogP contribution in [0.2, 0.25) is 0 Å². The van der Waals surface area contributed by atoms with E-state index in [0.29, 0.717) is 5.41 Å². The van der Waals surface area contributed by atoms with Crippen molar-refractivity contribution in [2.24, 2.45) is 23.2 Å². The van der Waals surface area contributed by atoms with Crippen LogP contribution in [0.4, 0.5) is 0 Å². The smallest absolute Gasteiger partial charge is 0.244 e. The van der Waals surface area contributed by atoms with Gasteiger partial charge in [-0.05, 0) is 81.6 Å². The molecule has 1 heterocycles. The summed E-state index contributed by atoms with van der Waals surface area (Å²) in [5, 5.41) is 6.29. The fourth-order valence-corrected chi connectivity index (χ4v) is 6.32. The van der Waals surface area contributed by atoms with Gasteiger partial charge in [-0.25, -0.2) is 4.98 Å². The lowest BCUT2D eigenvalue weighted by molar-refractivity contribution is -0.121. The molecule has 1 aromatic rings. The molecular formula is C19H26N2OS. The maximum Gasteiger partial charge on any atom is 0.244 e. The molecule has 5 rings (SSSR count). The second-order valence-corrected chi connectivity index (χ2v) is 9.20. The van der Waals surface area contributed by atoms with E-state index in [4.69, 9.17) is 0 Å². The van der Waals surface area contributed by atoms with E-state index >= 15 is 0 Å². The first-order valence-electron chi connectivity index (χ1n) is 8.93. The number of carbonyl (C=O) groups excluding carboxylic acids is 1. The molecule has 0 spiro atoms. The Balaban J connectivity index is 1.40. The molecule has 1 unspecified atom stereocenters. The van der Waals surface area contributed by atoms with Crippen LogP contribution in [0.25, 0.3) is 6.08 Å². The minimum absolute atomic E-state index is 0.0268. The van der Waals surface area contributed by atoms with Gasteiger partial charge >= 0.3 is 0 Å². The van der Waals surface area contributed by atoms with Crippen LogP contribution in [0, 0.1) is 30.1 Å². The highest BCUT2D eigenvalue weighted by Crippen LogP contribution is 2.61. The van der Waals surface area contributed by atoms with Crippen LogP contribution in [-0.4, -0.2) is 16.9 Å². The molecule has 4 saturated carbocycles. The molecule has 4 aliphatic carbocycles. The molecule has 3 nitrogen and oxygen atoms in total. The van der Waals surface area contributed by atoms with E-state index in [1.807, 2.05) is 18.4 Å². The predicted molar refractivity (Wildman–Crippen MR) is 94.1 cm³/mol.